The zero-order valence-electron chi connectivity index (χ0n) is 17.1. The van der Waals surface area contributed by atoms with E-state index in [1.165, 1.54) is 16.5 Å². The molecule has 2 aromatic rings. The molecule has 0 bridgehead atoms. The molecule has 0 saturated heterocycles. The van der Waals surface area contributed by atoms with Crippen LogP contribution in [0.15, 0.2) is 44.3 Å². The summed E-state index contributed by atoms with van der Waals surface area (Å²) >= 11 is -0.882. The molecule has 0 radical (unpaired) electrons. The molecule has 140 valence electrons. The van der Waals surface area contributed by atoms with E-state index >= 15 is 0 Å². The molecule has 26 heavy (non-hydrogen) atoms. The first-order valence-corrected chi connectivity index (χ1v) is 11.3. The first-order chi connectivity index (χ1) is 11.0. The number of halogens is 2. The molecule has 1 aliphatic carbocycles. The van der Waals surface area contributed by atoms with E-state index in [4.69, 9.17) is 0 Å². The Morgan fingerprint density at radius 1 is 0.923 bits per heavy atom. The number of allylic oxidation sites excluding steroid dienone is 4. The second-order valence-corrected chi connectivity index (χ2v) is 11.7. The maximum absolute atomic E-state index is 3.81. The van der Waals surface area contributed by atoms with E-state index in [2.05, 4.69) is 84.6 Å². The van der Waals surface area contributed by atoms with Gasteiger partial charge in [-0.1, -0.05) is 0 Å². The van der Waals surface area contributed by atoms with Crippen LogP contribution >= 0.6 is 0 Å². The molecule has 1 N–H and O–H groups in total. The number of benzene rings is 1. The Morgan fingerprint density at radius 2 is 1.50 bits per heavy atom. The van der Waals surface area contributed by atoms with E-state index in [1.54, 1.807) is 23.4 Å². The smallest absolute Gasteiger partial charge is 1.00 e. The van der Waals surface area contributed by atoms with E-state index in [-0.39, 0.29) is 35.6 Å². The molecule has 0 aliphatic heterocycles. The monoisotopic (exact) mass is 467 g/mol. The summed E-state index contributed by atoms with van der Waals surface area (Å²) in [6, 6.07) is 8.81. The number of H-pyrrole nitrogens is 1. The number of nitrogens with one attached hydrogen (secondary N) is 1. The van der Waals surface area contributed by atoms with Gasteiger partial charge in [0.15, 0.2) is 0 Å². The number of fused-ring (bicyclic) bond motifs is 1. The normalized spacial score (nSPS) is 16.5. The second kappa shape index (κ2) is 7.98. The summed E-state index contributed by atoms with van der Waals surface area (Å²) in [4.78, 5) is 3.81. The van der Waals surface area contributed by atoms with Crippen LogP contribution in [-0.4, -0.2) is 4.98 Å². The van der Waals surface area contributed by atoms with Gasteiger partial charge in [0.2, 0.25) is 0 Å². The Hall–Kier alpha value is -0.297. The summed E-state index contributed by atoms with van der Waals surface area (Å²) in [5, 5.41) is 1.41. The van der Waals surface area contributed by atoms with Gasteiger partial charge < -0.3 is 24.8 Å². The summed E-state index contributed by atoms with van der Waals surface area (Å²) in [5.41, 5.74) is 7.88. The molecule has 1 heterocycles. The molecule has 3 rings (SSSR count). The van der Waals surface area contributed by atoms with Gasteiger partial charge in [0.25, 0.3) is 0 Å². The molecule has 4 heteroatoms. The van der Waals surface area contributed by atoms with Crippen LogP contribution in [-0.2, 0) is 28.6 Å². The van der Waals surface area contributed by atoms with Crippen molar-refractivity contribution in [1.82, 2.24) is 4.98 Å². The quantitative estimate of drug-likeness (QED) is 0.629. The summed E-state index contributed by atoms with van der Waals surface area (Å²) in [7, 11) is 0. The minimum Gasteiger partial charge on any atom is -1.00 e. The Balaban J connectivity index is 0.00000169. The van der Waals surface area contributed by atoms with Gasteiger partial charge in [0.05, 0.1) is 0 Å². The van der Waals surface area contributed by atoms with E-state index in [0.717, 1.165) is 0 Å². The summed E-state index contributed by atoms with van der Waals surface area (Å²) in [6.45, 7) is 18.8. The fourth-order valence-corrected chi connectivity index (χ4v) is 8.79. The van der Waals surface area contributed by atoms with Crippen molar-refractivity contribution >= 4 is 14.3 Å². The van der Waals surface area contributed by atoms with Crippen molar-refractivity contribution in [3.8, 4) is 0 Å². The van der Waals surface area contributed by atoms with Crippen LogP contribution in [0.1, 0.15) is 61.0 Å². The zero-order valence-corrected chi connectivity index (χ0v) is 21.0. The molecule has 0 fully saturated rings. The molecule has 0 amide bonds. The van der Waals surface area contributed by atoms with Gasteiger partial charge in [-0.05, 0) is 0 Å². The second-order valence-electron chi connectivity index (χ2n) is 8.67. The standard InChI is InChI=1S/C12H14N.C10H15.2ClH.Zr/c1-12(2,3)10-8-13-11-7-5-4-6-9(10)11;1-7-6-10(4,5)9(3)8(7)2;;;/h4-7,13H,1-3H3;1-5H3;2*1H;/q;;;;+2/p-2. The number of hydrogen-bond acceptors (Lipinski definition) is 0. The third kappa shape index (κ3) is 3.80. The van der Waals surface area contributed by atoms with E-state index in [0.29, 0.717) is 0 Å². The van der Waals surface area contributed by atoms with Crippen LogP contribution in [0.5, 0.6) is 0 Å². The average molecular weight is 470 g/mol. The molecule has 1 nitrogen and oxygen atoms in total. The molecule has 0 unspecified atom stereocenters. The Kier molecular flexibility index (Phi) is 7.29. The molecule has 0 spiro atoms. The van der Waals surface area contributed by atoms with Crippen molar-refractivity contribution in [2.24, 2.45) is 5.41 Å². The van der Waals surface area contributed by atoms with Gasteiger partial charge >= 0.3 is 159 Å². The first-order valence-electron chi connectivity index (χ1n) is 8.83. The van der Waals surface area contributed by atoms with Crippen LogP contribution in [0.25, 0.3) is 10.9 Å². The largest absolute Gasteiger partial charge is 1.00 e. The maximum Gasteiger partial charge on any atom is -1.00 e. The summed E-state index contributed by atoms with van der Waals surface area (Å²) in [5.74, 6) is 0. The minimum absolute atomic E-state index is 0. The Labute approximate surface area is 182 Å². The topological polar surface area (TPSA) is 15.8 Å². The van der Waals surface area contributed by atoms with Crippen LogP contribution in [0.2, 0.25) is 0 Å². The number of aromatic nitrogens is 1. The molecular weight excluding hydrogens is 440 g/mol. The van der Waals surface area contributed by atoms with Crippen LogP contribution in [0.3, 0.4) is 0 Å². The third-order valence-electron chi connectivity index (χ3n) is 5.77. The van der Waals surface area contributed by atoms with Gasteiger partial charge in [-0.25, -0.2) is 0 Å². The maximum atomic E-state index is 3.81. The number of hydrogen-bond donors (Lipinski definition) is 1. The summed E-state index contributed by atoms with van der Waals surface area (Å²) in [6.07, 6.45) is 0. The molecule has 1 aromatic heterocycles. The van der Waals surface area contributed by atoms with E-state index in [9.17, 15) is 0 Å². The fraction of sp³-hybridized carbons (Fsp3) is 0.455. The molecule has 0 atom stereocenters. The fourth-order valence-electron chi connectivity index (χ4n) is 3.98. The van der Waals surface area contributed by atoms with Crippen LogP contribution in [0, 0.1) is 5.41 Å². The molecule has 1 aliphatic rings. The van der Waals surface area contributed by atoms with E-state index < -0.39 is 23.2 Å². The van der Waals surface area contributed by atoms with Gasteiger partial charge in [-0.3, -0.25) is 0 Å². The van der Waals surface area contributed by atoms with Crippen molar-refractivity contribution in [3.05, 3.63) is 49.8 Å². The van der Waals surface area contributed by atoms with Gasteiger partial charge in [0.1, 0.15) is 0 Å². The van der Waals surface area contributed by atoms with Crippen molar-refractivity contribution in [1.29, 1.82) is 0 Å². The summed E-state index contributed by atoms with van der Waals surface area (Å²) < 4.78 is 3.29. The number of rotatable bonds is 2. The first kappa shape index (κ1) is 23.7. The van der Waals surface area contributed by atoms with Gasteiger partial charge in [-0.15, -0.1) is 0 Å². The minimum atomic E-state index is -0.882. The van der Waals surface area contributed by atoms with Crippen molar-refractivity contribution in [2.45, 2.75) is 60.8 Å². The molecule has 1 aromatic carbocycles. The number of aromatic amines is 1. The Morgan fingerprint density at radius 3 is 2.00 bits per heavy atom. The van der Waals surface area contributed by atoms with Crippen molar-refractivity contribution in [2.75, 3.05) is 0 Å². The molecular formula is C22H29Cl2NZr. The van der Waals surface area contributed by atoms with Crippen molar-refractivity contribution in [3.63, 3.8) is 0 Å². The SMILES string of the molecule is CC1=C(C)C(C)(C)[C]([Zr+2][c]2[nH]c3ccccc3c2C(C)(C)C)=C1C.[Cl-].[Cl-]. The Bertz CT molecular complexity index is 879. The van der Waals surface area contributed by atoms with Crippen LogP contribution in [0.4, 0.5) is 0 Å². The van der Waals surface area contributed by atoms with Gasteiger partial charge in [0, 0.05) is 0 Å². The average Bonchev–Trinajstić information content (AvgIpc) is 2.93. The third-order valence-corrected chi connectivity index (χ3v) is 10.4. The van der Waals surface area contributed by atoms with Crippen molar-refractivity contribution < 1.29 is 48.0 Å². The van der Waals surface area contributed by atoms with Crippen LogP contribution < -0.4 is 28.2 Å². The molecule has 0 saturated carbocycles. The number of para-hydroxylation sites is 1. The van der Waals surface area contributed by atoms with Gasteiger partial charge in [-0.2, -0.15) is 0 Å². The van der Waals surface area contributed by atoms with E-state index in [1.807, 2.05) is 0 Å². The predicted octanol–water partition coefficient (Wildman–Crippen LogP) is -0.169. The zero-order chi connectivity index (χ0) is 17.9. The predicted molar refractivity (Wildman–Crippen MR) is 101 cm³/mol.